The van der Waals surface area contributed by atoms with Gasteiger partial charge in [-0.2, -0.15) is 0 Å². The summed E-state index contributed by atoms with van der Waals surface area (Å²) in [6.07, 6.45) is 1.53. The summed E-state index contributed by atoms with van der Waals surface area (Å²) in [5.74, 6) is 0. The lowest BCUT2D eigenvalue weighted by Gasteiger charge is -2.28. The lowest BCUT2D eigenvalue weighted by Crippen LogP contribution is -2.23. The number of aryl methyl sites for hydroxylation is 2. The maximum atomic E-state index is 9.97. The summed E-state index contributed by atoms with van der Waals surface area (Å²) in [6, 6.07) is 64.5. The number of nitrogens with zero attached hydrogens (tertiary/aromatic N) is 3. The van der Waals surface area contributed by atoms with Crippen LogP contribution in [0.15, 0.2) is 213 Å². The summed E-state index contributed by atoms with van der Waals surface area (Å²) >= 11 is 0. The molecule has 3 heteroatoms. The zero-order valence-corrected chi connectivity index (χ0v) is 37.0. The molecule has 0 aliphatic heterocycles. The molecule has 9 rings (SSSR count). The van der Waals surface area contributed by atoms with Crippen LogP contribution in [-0.2, 0) is 36.4 Å². The first-order valence-electron chi connectivity index (χ1n) is 24.1. The largest absolute Gasteiger partial charge is 0.256 e. The van der Waals surface area contributed by atoms with E-state index in [-0.39, 0.29) is 11.1 Å². The molecule has 0 fully saturated rings. The molecule has 3 nitrogen and oxygen atoms in total. The minimum Gasteiger partial charge on any atom is -0.256 e. The Hall–Kier alpha value is -7.23. The third kappa shape index (κ3) is 9.85. The van der Waals surface area contributed by atoms with Crippen LogP contribution in [0.1, 0.15) is 66.6 Å². The Bertz CT molecular complexity index is 3000. The van der Waals surface area contributed by atoms with Gasteiger partial charge in [0, 0.05) is 40.8 Å². The fourth-order valence-electron chi connectivity index (χ4n) is 8.58. The van der Waals surface area contributed by atoms with E-state index in [2.05, 4.69) is 94.4 Å². The first kappa shape index (κ1) is 37.3. The topological polar surface area (TPSA) is 38.7 Å². The molecule has 3 heterocycles. The zero-order chi connectivity index (χ0) is 47.5. The zero-order valence-electron chi connectivity index (χ0n) is 41.0. The average molecular weight is 834 g/mol. The molecule has 64 heavy (non-hydrogen) atoms. The number of benzene rings is 6. The molecule has 0 bridgehead atoms. The van der Waals surface area contributed by atoms with E-state index in [0.717, 1.165) is 67.0 Å². The number of pyridine rings is 3. The summed E-state index contributed by atoms with van der Waals surface area (Å²) in [5.41, 5.74) is 12.5. The van der Waals surface area contributed by atoms with Crippen LogP contribution < -0.4 is 0 Å². The summed E-state index contributed by atoms with van der Waals surface area (Å²) in [4.78, 5) is 14.5. The van der Waals surface area contributed by atoms with Gasteiger partial charge in [0.1, 0.15) is 0 Å². The van der Waals surface area contributed by atoms with Gasteiger partial charge in [0.2, 0.25) is 0 Å². The summed E-state index contributed by atoms with van der Waals surface area (Å²) in [7, 11) is 0. The van der Waals surface area contributed by atoms with Crippen molar-refractivity contribution < 1.29 is 5.48 Å². The highest BCUT2D eigenvalue weighted by Crippen LogP contribution is 2.35. The van der Waals surface area contributed by atoms with Crippen molar-refractivity contribution in [3.63, 3.8) is 0 Å². The summed E-state index contributed by atoms with van der Waals surface area (Å²) in [5, 5.41) is 0. The molecule has 0 saturated carbocycles. The predicted molar refractivity (Wildman–Crippen MR) is 267 cm³/mol. The Labute approximate surface area is 385 Å². The Kier molecular flexibility index (Phi) is 10.9. The first-order chi connectivity index (χ1) is 32.7. The standard InChI is InChI=1S/C61H55N3/c1-60(2,54-31-33-57(63-42-54)50-19-11-6-12-20-50)39-45-35-44(36-46(37-45)40-61(3,4)55-32-34-58(64-43-55)51-21-13-7-14-22-51)25-26-53-41-62-59(52-23-15-8-16-24-52)38-56(53)49-29-27-48(28-30-49)47-17-9-5-10-18-47/h5-24,27-38,41-43H,25-26,39-40H2,1-4H3/i25D2,26D2. The van der Waals surface area contributed by atoms with Crippen LogP contribution >= 0.6 is 0 Å². The smallest absolute Gasteiger partial charge is 0.0708 e. The van der Waals surface area contributed by atoms with Gasteiger partial charge in [-0.05, 0) is 110 Å². The summed E-state index contributed by atoms with van der Waals surface area (Å²) < 4.78 is 39.8. The molecule has 0 unspecified atom stereocenters. The van der Waals surface area contributed by atoms with Crippen molar-refractivity contribution in [2.24, 2.45) is 0 Å². The van der Waals surface area contributed by atoms with Crippen molar-refractivity contribution in [2.75, 3.05) is 0 Å². The lowest BCUT2D eigenvalue weighted by molar-refractivity contribution is 0.512. The maximum absolute atomic E-state index is 9.97. The van der Waals surface area contributed by atoms with Crippen molar-refractivity contribution in [1.29, 1.82) is 0 Å². The van der Waals surface area contributed by atoms with E-state index in [4.69, 9.17) is 15.0 Å². The van der Waals surface area contributed by atoms with E-state index in [0.29, 0.717) is 24.1 Å². The SMILES string of the molecule is [2H]C([2H])(c1cc(CC(C)(C)c2ccc(-c3ccccc3)nc2)cc(CC(C)(C)c2ccc(-c3ccccc3)nc2)c1)C([2H])([2H])c1cnc(-c2ccccc2)cc1-c1ccc(-c2ccccc2)cc1. The first-order valence-corrected chi connectivity index (χ1v) is 22.1. The fourth-order valence-corrected chi connectivity index (χ4v) is 8.58. The molecule has 314 valence electrons. The number of hydrogen-bond donors (Lipinski definition) is 0. The van der Waals surface area contributed by atoms with Crippen LogP contribution in [-0.4, -0.2) is 15.0 Å². The van der Waals surface area contributed by atoms with Gasteiger partial charge >= 0.3 is 0 Å². The Morgan fingerprint density at radius 2 is 0.750 bits per heavy atom. The maximum Gasteiger partial charge on any atom is 0.0708 e. The Morgan fingerprint density at radius 1 is 0.359 bits per heavy atom. The highest BCUT2D eigenvalue weighted by molar-refractivity contribution is 5.76. The van der Waals surface area contributed by atoms with E-state index >= 15 is 0 Å². The van der Waals surface area contributed by atoms with Crippen LogP contribution in [0.5, 0.6) is 0 Å². The van der Waals surface area contributed by atoms with Gasteiger partial charge in [-0.3, -0.25) is 15.0 Å². The van der Waals surface area contributed by atoms with Gasteiger partial charge in [0.05, 0.1) is 17.1 Å². The van der Waals surface area contributed by atoms with Gasteiger partial charge in [-0.15, -0.1) is 0 Å². The van der Waals surface area contributed by atoms with E-state index in [1.54, 1.807) is 0 Å². The second-order valence-electron chi connectivity index (χ2n) is 17.9. The van der Waals surface area contributed by atoms with Crippen LogP contribution in [0.4, 0.5) is 0 Å². The van der Waals surface area contributed by atoms with Gasteiger partial charge in [0.25, 0.3) is 0 Å². The fraction of sp³-hybridized carbons (Fsp3) is 0.164. The predicted octanol–water partition coefficient (Wildman–Crippen LogP) is 15.0. The molecular formula is C61H55N3. The third-order valence-electron chi connectivity index (χ3n) is 12.2. The lowest BCUT2D eigenvalue weighted by atomic mass is 9.77. The van der Waals surface area contributed by atoms with Crippen molar-refractivity contribution in [3.8, 4) is 56.0 Å². The molecule has 0 spiro atoms. The van der Waals surface area contributed by atoms with Crippen molar-refractivity contribution >= 4 is 0 Å². The molecular weight excluding hydrogens is 775 g/mol. The van der Waals surface area contributed by atoms with E-state index in [9.17, 15) is 5.48 Å². The van der Waals surface area contributed by atoms with Crippen molar-refractivity contribution in [1.82, 2.24) is 15.0 Å². The van der Waals surface area contributed by atoms with Gasteiger partial charge in [-0.1, -0.05) is 204 Å². The second kappa shape index (κ2) is 18.6. The van der Waals surface area contributed by atoms with Crippen molar-refractivity contribution in [3.05, 3.63) is 246 Å². The van der Waals surface area contributed by atoms with E-state index < -0.39 is 23.6 Å². The Morgan fingerprint density at radius 3 is 1.20 bits per heavy atom. The minimum atomic E-state index is -2.53. The van der Waals surface area contributed by atoms with E-state index in [1.807, 2.05) is 140 Å². The molecule has 9 aromatic rings. The highest BCUT2D eigenvalue weighted by Gasteiger charge is 2.25. The normalized spacial score (nSPS) is 13.1. The summed E-state index contributed by atoms with van der Waals surface area (Å²) in [6.45, 7) is 8.74. The molecule has 6 aromatic carbocycles. The molecule has 0 saturated heterocycles. The third-order valence-corrected chi connectivity index (χ3v) is 12.2. The molecule has 0 N–H and O–H groups in total. The van der Waals surface area contributed by atoms with E-state index in [1.165, 1.54) is 6.20 Å². The van der Waals surface area contributed by atoms with Gasteiger partial charge in [0.15, 0.2) is 0 Å². The Balaban J connectivity index is 1.12. The molecule has 0 aliphatic carbocycles. The van der Waals surface area contributed by atoms with Crippen LogP contribution in [0, 0.1) is 0 Å². The van der Waals surface area contributed by atoms with Gasteiger partial charge < -0.3 is 0 Å². The highest BCUT2D eigenvalue weighted by atomic mass is 14.7. The monoisotopic (exact) mass is 833 g/mol. The molecule has 0 radical (unpaired) electrons. The van der Waals surface area contributed by atoms with Gasteiger partial charge in [-0.25, -0.2) is 0 Å². The average Bonchev–Trinajstić information content (AvgIpc) is 3.37. The second-order valence-corrected chi connectivity index (χ2v) is 17.9. The number of rotatable bonds is 14. The van der Waals surface area contributed by atoms with Crippen LogP contribution in [0.25, 0.3) is 56.0 Å². The van der Waals surface area contributed by atoms with Crippen LogP contribution in [0.3, 0.4) is 0 Å². The number of aromatic nitrogens is 3. The van der Waals surface area contributed by atoms with Crippen LogP contribution in [0.2, 0.25) is 0 Å². The molecule has 0 atom stereocenters. The molecule has 3 aromatic heterocycles. The molecule has 0 aliphatic rings. The minimum absolute atomic E-state index is 0.177. The quantitative estimate of drug-likeness (QED) is 0.110. The number of hydrogen-bond acceptors (Lipinski definition) is 3. The van der Waals surface area contributed by atoms with Crippen molar-refractivity contribution in [2.45, 2.75) is 64.1 Å². The molecule has 0 amide bonds.